The van der Waals surface area contributed by atoms with E-state index in [-0.39, 0.29) is 0 Å². The van der Waals surface area contributed by atoms with Gasteiger partial charge in [0.15, 0.2) is 0 Å². The Morgan fingerprint density at radius 3 is 2.19 bits per heavy atom. The third kappa shape index (κ3) is 1.74. The summed E-state index contributed by atoms with van der Waals surface area (Å²) < 4.78 is 2.40. The minimum atomic E-state index is -2.12. The van der Waals surface area contributed by atoms with Crippen molar-refractivity contribution in [2.45, 2.75) is 11.4 Å². The van der Waals surface area contributed by atoms with Gasteiger partial charge in [-0.25, -0.2) is 9.69 Å². The highest BCUT2D eigenvalue weighted by Crippen LogP contribution is 2.35. The maximum absolute atomic E-state index is 11.6. The van der Waals surface area contributed by atoms with Crippen molar-refractivity contribution < 1.29 is 14.3 Å². The lowest BCUT2D eigenvalue weighted by Crippen LogP contribution is -2.33. The normalized spacial score (nSPS) is 18.8. The van der Waals surface area contributed by atoms with Gasteiger partial charge in [0.2, 0.25) is 0 Å². The fraction of sp³-hybridized carbons (Fsp3) is 0.200. The second-order valence-electron chi connectivity index (χ2n) is 3.36. The molecule has 0 radical (unpaired) electrons. The first kappa shape index (κ1) is 11.2. The molecule has 16 heavy (non-hydrogen) atoms. The maximum Gasteiger partial charge on any atom is 0.424 e. The summed E-state index contributed by atoms with van der Waals surface area (Å²) in [4.78, 5) is 23.8. The number of rotatable bonds is 1. The van der Waals surface area contributed by atoms with Crippen LogP contribution in [0.25, 0.3) is 0 Å². The summed E-state index contributed by atoms with van der Waals surface area (Å²) in [6, 6.07) is 6.75. The number of imide groups is 1. The van der Waals surface area contributed by atoms with Gasteiger partial charge in [0.05, 0.1) is 5.69 Å². The number of hydrogen-bond acceptors (Lipinski definition) is 3. The van der Waals surface area contributed by atoms with E-state index in [1.807, 2.05) is 6.92 Å². The lowest BCUT2D eigenvalue weighted by atomic mass is 10.2. The molecule has 0 saturated carbocycles. The summed E-state index contributed by atoms with van der Waals surface area (Å²) in [5.74, 6) is -0.801. The maximum atomic E-state index is 11.6. The Bertz CT molecular complexity index is 456. The van der Waals surface area contributed by atoms with Crippen LogP contribution in [0, 0.1) is 6.92 Å². The third-order valence-electron chi connectivity index (χ3n) is 2.14. The van der Waals surface area contributed by atoms with Gasteiger partial charge in [0.1, 0.15) is 0 Å². The molecule has 1 fully saturated rings. The van der Waals surface area contributed by atoms with Gasteiger partial charge in [0, 0.05) is 0 Å². The number of hydrogen-bond donors (Lipinski definition) is 0. The fourth-order valence-corrected chi connectivity index (χ4v) is 1.63. The molecule has 0 bridgehead atoms. The number of amides is 2. The number of benzene rings is 1. The average molecular weight is 260 g/mol. The molecular weight excluding hydrogens is 253 g/mol. The first-order chi connectivity index (χ1) is 7.42. The van der Waals surface area contributed by atoms with Crippen LogP contribution in [0.3, 0.4) is 0 Å². The molecule has 1 aliphatic heterocycles. The summed E-state index contributed by atoms with van der Waals surface area (Å²) >= 11 is 11.0. The highest BCUT2D eigenvalue weighted by atomic mass is 35.5. The van der Waals surface area contributed by atoms with Crippen molar-refractivity contribution in [2.75, 3.05) is 4.90 Å². The number of ether oxygens (including phenoxy) is 1. The minimum absolute atomic E-state index is 0.378. The molecule has 2 amide bonds. The Morgan fingerprint density at radius 1 is 1.19 bits per heavy atom. The van der Waals surface area contributed by atoms with E-state index in [0.29, 0.717) is 5.69 Å². The van der Waals surface area contributed by atoms with Crippen molar-refractivity contribution in [1.82, 2.24) is 0 Å². The van der Waals surface area contributed by atoms with Gasteiger partial charge >= 0.3 is 16.5 Å². The van der Waals surface area contributed by atoms with E-state index < -0.39 is 16.5 Å². The van der Waals surface area contributed by atoms with E-state index in [1.54, 1.807) is 24.3 Å². The predicted octanol–water partition coefficient (Wildman–Crippen LogP) is 2.61. The van der Waals surface area contributed by atoms with E-state index in [4.69, 9.17) is 23.2 Å². The molecule has 1 saturated heterocycles. The molecule has 1 aliphatic rings. The number of anilines is 1. The molecule has 1 heterocycles. The molecule has 6 heteroatoms. The zero-order valence-corrected chi connectivity index (χ0v) is 9.75. The molecule has 0 spiro atoms. The van der Waals surface area contributed by atoms with Gasteiger partial charge in [0.25, 0.3) is 0 Å². The molecule has 4 nitrogen and oxygen atoms in total. The van der Waals surface area contributed by atoms with E-state index in [0.717, 1.165) is 10.5 Å². The summed E-state index contributed by atoms with van der Waals surface area (Å²) in [6.07, 6.45) is -0.876. The number of carbonyl (C=O) groups is 2. The largest absolute Gasteiger partial charge is 0.424 e. The Morgan fingerprint density at radius 2 is 1.75 bits per heavy atom. The minimum Gasteiger partial charge on any atom is -0.402 e. The monoisotopic (exact) mass is 259 g/mol. The third-order valence-corrected chi connectivity index (χ3v) is 2.62. The van der Waals surface area contributed by atoms with Gasteiger partial charge in [-0.05, 0) is 42.3 Å². The van der Waals surface area contributed by atoms with Crippen LogP contribution < -0.4 is 4.90 Å². The Balaban J connectivity index is 2.39. The quantitative estimate of drug-likeness (QED) is 0.729. The van der Waals surface area contributed by atoms with Gasteiger partial charge in [-0.3, -0.25) is 4.79 Å². The Hall–Kier alpha value is -1.26. The molecule has 0 aromatic heterocycles. The Kier molecular flexibility index (Phi) is 2.56. The summed E-state index contributed by atoms with van der Waals surface area (Å²) in [5, 5.41) is 0. The summed E-state index contributed by atoms with van der Waals surface area (Å²) in [5.41, 5.74) is 1.38. The number of alkyl halides is 2. The number of nitrogens with zero attached hydrogens (tertiary/aromatic N) is 1. The molecule has 0 aliphatic carbocycles. The fourth-order valence-electron chi connectivity index (χ4n) is 1.33. The van der Waals surface area contributed by atoms with Crippen LogP contribution in [0.4, 0.5) is 10.5 Å². The topological polar surface area (TPSA) is 46.6 Å². The van der Waals surface area contributed by atoms with Crippen molar-refractivity contribution in [3.05, 3.63) is 29.8 Å². The lowest BCUT2D eigenvalue weighted by Gasteiger charge is -2.11. The second-order valence-corrected chi connectivity index (χ2v) is 4.62. The van der Waals surface area contributed by atoms with Crippen LogP contribution >= 0.6 is 23.2 Å². The van der Waals surface area contributed by atoms with Gasteiger partial charge < -0.3 is 4.74 Å². The first-order valence-corrected chi connectivity index (χ1v) is 5.19. The number of halogens is 2. The standard InChI is InChI=1S/C10H7Cl2NO3/c1-6-2-4-7(5-3-6)13-8(14)10(11,12)16-9(13)15/h2-5H,1H3. The van der Waals surface area contributed by atoms with Crippen LogP contribution in [-0.4, -0.2) is 16.5 Å². The van der Waals surface area contributed by atoms with Crippen LogP contribution in [-0.2, 0) is 9.53 Å². The van der Waals surface area contributed by atoms with E-state index in [2.05, 4.69) is 4.74 Å². The second kappa shape index (κ2) is 3.64. The first-order valence-electron chi connectivity index (χ1n) is 4.44. The number of carbonyl (C=O) groups excluding carboxylic acids is 2. The molecule has 0 N–H and O–H groups in total. The molecule has 2 rings (SSSR count). The van der Waals surface area contributed by atoms with Crippen LogP contribution in [0.5, 0.6) is 0 Å². The predicted molar refractivity (Wildman–Crippen MR) is 59.6 cm³/mol. The highest BCUT2D eigenvalue weighted by molar-refractivity contribution is 6.61. The van der Waals surface area contributed by atoms with E-state index >= 15 is 0 Å². The molecule has 0 atom stereocenters. The van der Waals surface area contributed by atoms with Crippen LogP contribution in [0.1, 0.15) is 5.56 Å². The van der Waals surface area contributed by atoms with Crippen molar-refractivity contribution in [3.63, 3.8) is 0 Å². The summed E-state index contributed by atoms with van der Waals surface area (Å²) in [7, 11) is 0. The van der Waals surface area contributed by atoms with Crippen molar-refractivity contribution in [3.8, 4) is 0 Å². The SMILES string of the molecule is Cc1ccc(N2C(=O)OC(Cl)(Cl)C2=O)cc1. The average Bonchev–Trinajstić information content (AvgIpc) is 2.39. The van der Waals surface area contributed by atoms with E-state index in [1.165, 1.54) is 0 Å². The number of aryl methyl sites for hydroxylation is 1. The molecule has 84 valence electrons. The zero-order valence-electron chi connectivity index (χ0n) is 8.24. The number of cyclic esters (lactones) is 1. The lowest BCUT2D eigenvalue weighted by molar-refractivity contribution is -0.120. The van der Waals surface area contributed by atoms with Crippen LogP contribution in [0.15, 0.2) is 24.3 Å². The molecule has 1 aromatic carbocycles. The molecular formula is C10H7Cl2NO3. The Labute approximate surface area is 102 Å². The molecule has 0 unspecified atom stereocenters. The molecule has 1 aromatic rings. The van der Waals surface area contributed by atoms with Gasteiger partial charge in [-0.15, -0.1) is 0 Å². The van der Waals surface area contributed by atoms with Gasteiger partial charge in [-0.1, -0.05) is 17.7 Å². The van der Waals surface area contributed by atoms with Gasteiger partial charge in [-0.2, -0.15) is 0 Å². The highest BCUT2D eigenvalue weighted by Gasteiger charge is 2.52. The van der Waals surface area contributed by atoms with Crippen molar-refractivity contribution in [1.29, 1.82) is 0 Å². The van der Waals surface area contributed by atoms with Crippen LogP contribution in [0.2, 0.25) is 0 Å². The summed E-state index contributed by atoms with van der Waals surface area (Å²) in [6.45, 7) is 1.89. The van der Waals surface area contributed by atoms with E-state index in [9.17, 15) is 9.59 Å². The van der Waals surface area contributed by atoms with Crippen molar-refractivity contribution in [2.24, 2.45) is 0 Å². The van der Waals surface area contributed by atoms with Crippen molar-refractivity contribution >= 4 is 40.9 Å². The smallest absolute Gasteiger partial charge is 0.402 e. The zero-order chi connectivity index (χ0) is 11.9.